The molecule has 1 unspecified atom stereocenters. The van der Waals surface area contributed by atoms with Gasteiger partial charge >= 0.3 is 0 Å². The molecular weight excluding hydrogens is 214 g/mol. The van der Waals surface area contributed by atoms with Gasteiger partial charge in [-0.3, -0.25) is 4.79 Å². The summed E-state index contributed by atoms with van der Waals surface area (Å²) in [6.45, 7) is 5.02. The summed E-state index contributed by atoms with van der Waals surface area (Å²) in [6, 6.07) is 0.137. The normalized spacial score (nSPS) is 27.8. The molecule has 4 nitrogen and oxygen atoms in total. The Morgan fingerprint density at radius 1 is 1.47 bits per heavy atom. The van der Waals surface area contributed by atoms with Crippen LogP contribution in [0.5, 0.6) is 0 Å². The largest absolute Gasteiger partial charge is 0.338 e. The number of amides is 1. The molecule has 1 aliphatic heterocycles. The van der Waals surface area contributed by atoms with Gasteiger partial charge in [-0.15, -0.1) is 0 Å². The van der Waals surface area contributed by atoms with Crippen LogP contribution in [0.1, 0.15) is 32.6 Å². The average molecular weight is 239 g/mol. The Hall–Kier alpha value is -0.610. The van der Waals surface area contributed by atoms with Crippen LogP contribution in [0.15, 0.2) is 0 Å². The molecule has 1 heterocycles. The molecule has 4 heteroatoms. The highest BCUT2D eigenvalue weighted by molar-refractivity contribution is 5.81. The molecule has 1 aliphatic carbocycles. The molecule has 0 bridgehead atoms. The molecule has 1 saturated carbocycles. The van der Waals surface area contributed by atoms with E-state index in [1.54, 1.807) is 6.92 Å². The second-order valence-electron chi connectivity index (χ2n) is 5.78. The summed E-state index contributed by atoms with van der Waals surface area (Å²) in [5, 5.41) is 0. The predicted octanol–water partition coefficient (Wildman–Crippen LogP) is 0.666. The van der Waals surface area contributed by atoms with Gasteiger partial charge in [0, 0.05) is 19.1 Å². The zero-order chi connectivity index (χ0) is 12.4. The van der Waals surface area contributed by atoms with Crippen LogP contribution in [0.4, 0.5) is 0 Å². The van der Waals surface area contributed by atoms with Crippen molar-refractivity contribution in [3.05, 3.63) is 0 Å². The summed E-state index contributed by atoms with van der Waals surface area (Å²) in [5.74, 6) is 0.776. The van der Waals surface area contributed by atoms with Crippen molar-refractivity contribution in [2.75, 3.05) is 26.7 Å². The molecule has 2 N–H and O–H groups in total. The SMILES string of the molecule is C[C@H](N)C(=O)N(CC1CCCN(C)C1)C1CC1. The first-order chi connectivity index (χ1) is 8.08. The topological polar surface area (TPSA) is 49.6 Å². The van der Waals surface area contributed by atoms with Crippen LogP contribution in [-0.2, 0) is 4.79 Å². The van der Waals surface area contributed by atoms with Crippen LogP contribution in [0, 0.1) is 5.92 Å². The van der Waals surface area contributed by atoms with Gasteiger partial charge in [0.1, 0.15) is 0 Å². The molecule has 2 rings (SSSR count). The standard InChI is InChI=1S/C13H25N3O/c1-10(14)13(17)16(12-5-6-12)9-11-4-3-7-15(2)8-11/h10-12H,3-9,14H2,1-2H3/t10-,11?/m0/s1. The third-order valence-electron chi connectivity index (χ3n) is 3.84. The number of carbonyl (C=O) groups excluding carboxylic acids is 1. The minimum absolute atomic E-state index is 0.140. The monoisotopic (exact) mass is 239 g/mol. The zero-order valence-corrected chi connectivity index (χ0v) is 11.1. The van der Waals surface area contributed by atoms with E-state index in [0.29, 0.717) is 12.0 Å². The lowest BCUT2D eigenvalue weighted by atomic mass is 9.97. The van der Waals surface area contributed by atoms with Crippen molar-refractivity contribution in [3.8, 4) is 0 Å². The van der Waals surface area contributed by atoms with Crippen LogP contribution in [0.2, 0.25) is 0 Å². The molecule has 1 saturated heterocycles. The maximum absolute atomic E-state index is 12.1. The third-order valence-corrected chi connectivity index (χ3v) is 3.84. The molecule has 0 spiro atoms. The first kappa shape index (κ1) is 12.8. The van der Waals surface area contributed by atoms with Crippen molar-refractivity contribution < 1.29 is 4.79 Å². The Morgan fingerprint density at radius 2 is 2.18 bits per heavy atom. The fraction of sp³-hybridized carbons (Fsp3) is 0.923. The molecular formula is C13H25N3O. The molecule has 2 atom stereocenters. The van der Waals surface area contributed by atoms with Gasteiger partial charge in [-0.25, -0.2) is 0 Å². The van der Waals surface area contributed by atoms with E-state index in [1.807, 2.05) is 0 Å². The summed E-state index contributed by atoms with van der Waals surface area (Å²) in [4.78, 5) is 16.5. The van der Waals surface area contributed by atoms with Crippen molar-refractivity contribution in [1.82, 2.24) is 9.80 Å². The number of nitrogens with zero attached hydrogens (tertiary/aromatic N) is 2. The second-order valence-corrected chi connectivity index (χ2v) is 5.78. The van der Waals surface area contributed by atoms with Gasteiger partial charge < -0.3 is 15.5 Å². The van der Waals surface area contributed by atoms with E-state index in [-0.39, 0.29) is 11.9 Å². The van der Waals surface area contributed by atoms with Crippen LogP contribution in [0.3, 0.4) is 0 Å². The highest BCUT2D eigenvalue weighted by atomic mass is 16.2. The minimum atomic E-state index is -0.350. The summed E-state index contributed by atoms with van der Waals surface area (Å²) < 4.78 is 0. The van der Waals surface area contributed by atoms with Gasteiger partial charge in [0.05, 0.1) is 6.04 Å². The molecule has 17 heavy (non-hydrogen) atoms. The van der Waals surface area contributed by atoms with E-state index in [9.17, 15) is 4.79 Å². The number of hydrogen-bond acceptors (Lipinski definition) is 3. The van der Waals surface area contributed by atoms with Crippen molar-refractivity contribution in [3.63, 3.8) is 0 Å². The molecule has 0 aromatic heterocycles. The lowest BCUT2D eigenvalue weighted by Crippen LogP contribution is -2.47. The van der Waals surface area contributed by atoms with E-state index in [0.717, 1.165) is 13.1 Å². The van der Waals surface area contributed by atoms with Crippen molar-refractivity contribution in [1.29, 1.82) is 0 Å². The molecule has 0 aromatic carbocycles. The lowest BCUT2D eigenvalue weighted by Gasteiger charge is -2.34. The predicted molar refractivity (Wildman–Crippen MR) is 68.6 cm³/mol. The van der Waals surface area contributed by atoms with Gasteiger partial charge in [0.2, 0.25) is 5.91 Å². The number of rotatable bonds is 4. The van der Waals surface area contributed by atoms with Crippen LogP contribution in [-0.4, -0.2) is 54.5 Å². The number of nitrogens with two attached hydrogens (primary N) is 1. The molecule has 2 fully saturated rings. The van der Waals surface area contributed by atoms with E-state index >= 15 is 0 Å². The minimum Gasteiger partial charge on any atom is -0.338 e. The van der Waals surface area contributed by atoms with Gasteiger partial charge in [-0.1, -0.05) is 0 Å². The summed E-state index contributed by atoms with van der Waals surface area (Å²) in [6.07, 6.45) is 4.84. The fourth-order valence-corrected chi connectivity index (χ4v) is 2.77. The Balaban J connectivity index is 1.90. The molecule has 1 amide bonds. The van der Waals surface area contributed by atoms with Crippen LogP contribution in [0.25, 0.3) is 0 Å². The molecule has 0 radical (unpaired) electrons. The highest BCUT2D eigenvalue weighted by Crippen LogP contribution is 2.29. The van der Waals surface area contributed by atoms with E-state index in [4.69, 9.17) is 5.73 Å². The molecule has 98 valence electrons. The fourth-order valence-electron chi connectivity index (χ4n) is 2.77. The summed E-state index contributed by atoms with van der Waals surface area (Å²) >= 11 is 0. The quantitative estimate of drug-likeness (QED) is 0.784. The van der Waals surface area contributed by atoms with Crippen molar-refractivity contribution in [2.45, 2.75) is 44.7 Å². The lowest BCUT2D eigenvalue weighted by molar-refractivity contribution is -0.133. The van der Waals surface area contributed by atoms with E-state index < -0.39 is 0 Å². The highest BCUT2D eigenvalue weighted by Gasteiger charge is 2.35. The van der Waals surface area contributed by atoms with Crippen molar-refractivity contribution >= 4 is 5.91 Å². The number of piperidine rings is 1. The Morgan fingerprint density at radius 3 is 2.71 bits per heavy atom. The van der Waals surface area contributed by atoms with Crippen LogP contribution >= 0.6 is 0 Å². The smallest absolute Gasteiger partial charge is 0.239 e. The van der Waals surface area contributed by atoms with E-state index in [1.165, 1.54) is 32.2 Å². The van der Waals surface area contributed by atoms with E-state index in [2.05, 4.69) is 16.8 Å². The van der Waals surface area contributed by atoms with Gasteiger partial charge in [0.25, 0.3) is 0 Å². The first-order valence-electron chi connectivity index (χ1n) is 6.82. The average Bonchev–Trinajstić information content (AvgIpc) is 3.09. The summed E-state index contributed by atoms with van der Waals surface area (Å²) in [7, 11) is 2.17. The summed E-state index contributed by atoms with van der Waals surface area (Å²) in [5.41, 5.74) is 5.73. The number of likely N-dealkylation sites (tertiary alicyclic amines) is 1. The Kier molecular flexibility index (Phi) is 4.05. The third kappa shape index (κ3) is 3.42. The number of carbonyl (C=O) groups is 1. The Bertz CT molecular complexity index is 276. The zero-order valence-electron chi connectivity index (χ0n) is 11.1. The maximum atomic E-state index is 12.1. The van der Waals surface area contributed by atoms with Gasteiger partial charge in [-0.05, 0) is 52.1 Å². The number of hydrogen-bond donors (Lipinski definition) is 1. The molecule has 2 aliphatic rings. The van der Waals surface area contributed by atoms with Crippen LogP contribution < -0.4 is 5.73 Å². The van der Waals surface area contributed by atoms with Gasteiger partial charge in [0.15, 0.2) is 0 Å². The van der Waals surface area contributed by atoms with Gasteiger partial charge in [-0.2, -0.15) is 0 Å². The maximum Gasteiger partial charge on any atom is 0.239 e. The molecule has 0 aromatic rings. The van der Waals surface area contributed by atoms with Crippen molar-refractivity contribution in [2.24, 2.45) is 11.7 Å². The Labute approximate surface area is 104 Å². The first-order valence-corrected chi connectivity index (χ1v) is 6.82. The second kappa shape index (κ2) is 5.36.